The third-order valence-electron chi connectivity index (χ3n) is 3.77. The second-order valence-corrected chi connectivity index (χ2v) is 6.83. The molecule has 0 aliphatic heterocycles. The highest BCUT2D eigenvalue weighted by molar-refractivity contribution is 7.80. The van der Waals surface area contributed by atoms with Crippen LogP contribution in [0.1, 0.15) is 31.2 Å². The summed E-state index contributed by atoms with van der Waals surface area (Å²) in [5.74, 6) is 0.267. The Morgan fingerprint density at radius 1 is 1.11 bits per heavy atom. The van der Waals surface area contributed by atoms with Crippen LogP contribution in [-0.4, -0.2) is 28.2 Å². The smallest absolute Gasteiger partial charge is 0.369 e. The topological polar surface area (TPSA) is 61.9 Å². The third kappa shape index (κ3) is 7.85. The van der Waals surface area contributed by atoms with Gasteiger partial charge in [0.1, 0.15) is 5.82 Å². The van der Waals surface area contributed by atoms with Crippen molar-refractivity contribution < 1.29 is 13.2 Å². The molecular weight excluding hydrogens is 411 g/mol. The maximum Gasteiger partial charge on any atom is 0.417 e. The first-order valence-electron chi connectivity index (χ1n) is 8.78. The molecule has 0 atom stereocenters. The number of nitrogens with zero attached hydrogens (tertiary/aromatic N) is 2. The molecule has 2 aromatic rings. The van der Waals surface area contributed by atoms with Crippen molar-refractivity contribution in [3.8, 4) is 0 Å². The van der Waals surface area contributed by atoms with Crippen LogP contribution in [0, 0.1) is 0 Å². The molecule has 0 amide bonds. The first-order chi connectivity index (χ1) is 13.4. The van der Waals surface area contributed by atoms with Crippen LogP contribution < -0.4 is 16.0 Å². The summed E-state index contributed by atoms with van der Waals surface area (Å²) >= 11 is 11.1. The number of hydrogen-bond donors (Lipinski definition) is 3. The summed E-state index contributed by atoms with van der Waals surface area (Å²) in [7, 11) is 0. The van der Waals surface area contributed by atoms with Gasteiger partial charge in [-0.25, -0.2) is 4.98 Å². The van der Waals surface area contributed by atoms with Crippen LogP contribution in [0.4, 0.5) is 24.7 Å². The Hall–Kier alpha value is -2.13. The molecular formula is C18H21ClF3N5S. The maximum absolute atomic E-state index is 12.6. The lowest BCUT2D eigenvalue weighted by atomic mass is 10.2. The summed E-state index contributed by atoms with van der Waals surface area (Å²) in [5, 5.41) is 9.66. The molecule has 152 valence electrons. The molecule has 0 aliphatic rings. The first-order valence-corrected chi connectivity index (χ1v) is 9.56. The summed E-state index contributed by atoms with van der Waals surface area (Å²) in [6.07, 6.45) is 3.50. The lowest BCUT2D eigenvalue weighted by Crippen LogP contribution is -2.29. The average Bonchev–Trinajstić information content (AvgIpc) is 2.65. The SMILES string of the molecule is FC(F)(F)c1cnc(NCCCCCCNC(=S)Nc2cccnc2)c(Cl)c1. The molecule has 28 heavy (non-hydrogen) atoms. The second-order valence-electron chi connectivity index (χ2n) is 6.02. The van der Waals surface area contributed by atoms with E-state index in [4.69, 9.17) is 23.8 Å². The van der Waals surface area contributed by atoms with E-state index in [-0.39, 0.29) is 10.8 Å². The standard InChI is InChI=1S/C18H21ClF3N5S/c19-15-10-13(18(20,21)22)11-26-16(15)24-8-3-1-2-4-9-25-17(28)27-14-6-5-7-23-12-14/h5-7,10-12H,1-4,8-9H2,(H,24,26)(H2,25,27,28). The first kappa shape index (κ1) is 22.2. The minimum Gasteiger partial charge on any atom is -0.369 e. The number of hydrogen-bond acceptors (Lipinski definition) is 4. The second kappa shape index (κ2) is 11.0. The molecule has 5 nitrogen and oxygen atoms in total. The predicted molar refractivity (Wildman–Crippen MR) is 110 cm³/mol. The van der Waals surface area contributed by atoms with Crippen molar-refractivity contribution in [3.05, 3.63) is 47.4 Å². The normalized spacial score (nSPS) is 11.1. The molecule has 10 heteroatoms. The highest BCUT2D eigenvalue weighted by Gasteiger charge is 2.31. The van der Waals surface area contributed by atoms with Crippen LogP contribution >= 0.6 is 23.8 Å². The molecule has 0 aromatic carbocycles. The largest absolute Gasteiger partial charge is 0.417 e. The van der Waals surface area contributed by atoms with Crippen molar-refractivity contribution in [3.63, 3.8) is 0 Å². The average molecular weight is 432 g/mol. The number of thiocarbonyl (C=S) groups is 1. The molecule has 0 saturated carbocycles. The molecule has 2 rings (SSSR count). The van der Waals surface area contributed by atoms with Gasteiger partial charge in [0.05, 0.1) is 22.5 Å². The van der Waals surface area contributed by atoms with Gasteiger partial charge in [0.15, 0.2) is 5.11 Å². The van der Waals surface area contributed by atoms with Crippen LogP contribution in [0.25, 0.3) is 0 Å². The van der Waals surface area contributed by atoms with Gasteiger partial charge in [-0.3, -0.25) is 4.98 Å². The summed E-state index contributed by atoms with van der Waals surface area (Å²) < 4.78 is 37.7. The number of alkyl halides is 3. The van der Waals surface area contributed by atoms with Gasteiger partial charge in [-0.15, -0.1) is 0 Å². The van der Waals surface area contributed by atoms with Crippen LogP contribution in [-0.2, 0) is 6.18 Å². The fraction of sp³-hybridized carbons (Fsp3) is 0.389. The zero-order chi connectivity index (χ0) is 20.4. The van der Waals surface area contributed by atoms with Crippen molar-refractivity contribution >= 4 is 40.4 Å². The Labute approximate surface area is 172 Å². The minimum atomic E-state index is -4.45. The van der Waals surface area contributed by atoms with Crippen molar-refractivity contribution in [2.75, 3.05) is 23.7 Å². The highest BCUT2D eigenvalue weighted by atomic mass is 35.5. The monoisotopic (exact) mass is 431 g/mol. The van der Waals surface area contributed by atoms with Crippen molar-refractivity contribution in [1.29, 1.82) is 0 Å². The van der Waals surface area contributed by atoms with E-state index in [1.54, 1.807) is 12.4 Å². The van der Waals surface area contributed by atoms with E-state index in [1.807, 2.05) is 12.1 Å². The molecule has 3 N–H and O–H groups in total. The van der Waals surface area contributed by atoms with Crippen LogP contribution in [0.3, 0.4) is 0 Å². The van der Waals surface area contributed by atoms with Gasteiger partial charge >= 0.3 is 6.18 Å². The number of anilines is 2. The number of unbranched alkanes of at least 4 members (excludes halogenated alkanes) is 3. The van der Waals surface area contributed by atoms with E-state index in [2.05, 4.69) is 25.9 Å². The Kier molecular flexibility index (Phi) is 8.72. The Morgan fingerprint density at radius 3 is 2.50 bits per heavy atom. The van der Waals surface area contributed by atoms with E-state index in [0.717, 1.165) is 50.2 Å². The summed E-state index contributed by atoms with van der Waals surface area (Å²) in [5.41, 5.74) is -0.0203. The van der Waals surface area contributed by atoms with Gasteiger partial charge in [-0.05, 0) is 43.3 Å². The zero-order valence-corrected chi connectivity index (χ0v) is 16.6. The highest BCUT2D eigenvalue weighted by Crippen LogP contribution is 2.32. The maximum atomic E-state index is 12.6. The Morgan fingerprint density at radius 2 is 1.86 bits per heavy atom. The van der Waals surface area contributed by atoms with Crippen molar-refractivity contribution in [2.24, 2.45) is 0 Å². The van der Waals surface area contributed by atoms with Gasteiger partial charge in [0.25, 0.3) is 0 Å². The molecule has 0 spiro atoms. The Bertz CT molecular complexity index is 759. The van der Waals surface area contributed by atoms with Crippen molar-refractivity contribution in [2.45, 2.75) is 31.9 Å². The number of aromatic nitrogens is 2. The quantitative estimate of drug-likeness (QED) is 0.379. The van der Waals surface area contributed by atoms with E-state index in [9.17, 15) is 13.2 Å². The third-order valence-corrected chi connectivity index (χ3v) is 4.30. The Balaban J connectivity index is 1.54. The molecule has 0 saturated heterocycles. The minimum absolute atomic E-state index is 0.0337. The predicted octanol–water partition coefficient (Wildman–Crippen LogP) is 5.11. The number of rotatable bonds is 9. The molecule has 0 bridgehead atoms. The lowest BCUT2D eigenvalue weighted by molar-refractivity contribution is -0.137. The fourth-order valence-corrected chi connectivity index (χ4v) is 2.80. The fourth-order valence-electron chi connectivity index (χ4n) is 2.35. The molecule has 0 radical (unpaired) electrons. The molecule has 0 aliphatic carbocycles. The summed E-state index contributed by atoms with van der Waals surface area (Å²) in [6, 6.07) is 4.59. The molecule has 0 fully saturated rings. The molecule has 0 unspecified atom stereocenters. The van der Waals surface area contributed by atoms with E-state index in [0.29, 0.717) is 11.7 Å². The van der Waals surface area contributed by atoms with E-state index >= 15 is 0 Å². The van der Waals surface area contributed by atoms with Crippen molar-refractivity contribution in [1.82, 2.24) is 15.3 Å². The number of pyridine rings is 2. The van der Waals surface area contributed by atoms with Crippen LogP contribution in [0.2, 0.25) is 5.02 Å². The van der Waals surface area contributed by atoms with Gasteiger partial charge < -0.3 is 16.0 Å². The van der Waals surface area contributed by atoms with Crippen LogP contribution in [0.15, 0.2) is 36.8 Å². The van der Waals surface area contributed by atoms with Gasteiger partial charge in [-0.1, -0.05) is 24.4 Å². The van der Waals surface area contributed by atoms with Gasteiger partial charge in [0.2, 0.25) is 0 Å². The molecule has 2 aromatic heterocycles. The van der Waals surface area contributed by atoms with Crippen LogP contribution in [0.5, 0.6) is 0 Å². The number of nitrogens with one attached hydrogen (secondary N) is 3. The van der Waals surface area contributed by atoms with Gasteiger partial charge in [0, 0.05) is 25.5 Å². The molecule has 2 heterocycles. The summed E-state index contributed by atoms with van der Waals surface area (Å²) in [6.45, 7) is 1.35. The van der Waals surface area contributed by atoms with E-state index < -0.39 is 11.7 Å². The zero-order valence-electron chi connectivity index (χ0n) is 15.0. The van der Waals surface area contributed by atoms with Gasteiger partial charge in [-0.2, -0.15) is 13.2 Å². The summed E-state index contributed by atoms with van der Waals surface area (Å²) in [4.78, 5) is 7.75. The number of halogens is 4. The van der Waals surface area contributed by atoms with E-state index in [1.165, 1.54) is 0 Å². The lowest BCUT2D eigenvalue weighted by Gasteiger charge is -2.11.